The number of hydrogen-bond acceptors (Lipinski definition) is 0. The molecule has 0 nitrogen and oxygen atoms in total. The molecule has 0 saturated heterocycles. The molecule has 0 fully saturated rings. The first-order valence-electron chi connectivity index (χ1n) is 7.91. The molecule has 0 spiro atoms. The summed E-state index contributed by atoms with van der Waals surface area (Å²) in [6.07, 6.45) is 17.4. The Morgan fingerprint density at radius 3 is 1.18 bits per heavy atom. The Morgan fingerprint density at radius 2 is 1.09 bits per heavy atom. The minimum Gasteiger partial charge on any atom is -1.00 e. The van der Waals surface area contributed by atoms with E-state index in [-0.39, 0.29) is 29.1 Å². The molecule has 0 N–H and O–H groups in total. The molecule has 1 radical (unpaired) electrons. The summed E-state index contributed by atoms with van der Waals surface area (Å²) in [6.45, 7) is 18.6. The summed E-state index contributed by atoms with van der Waals surface area (Å²) in [7, 11) is -1.21. The van der Waals surface area contributed by atoms with Crippen LogP contribution in [0.1, 0.15) is 15.7 Å². The summed E-state index contributed by atoms with van der Waals surface area (Å²) in [6, 6.07) is 0. The number of hydrogen-bond donors (Lipinski definition) is 0. The van der Waals surface area contributed by atoms with Crippen molar-refractivity contribution in [2.45, 2.75) is 65.2 Å². The zero-order valence-corrected chi connectivity index (χ0v) is 21.4. The van der Waals surface area contributed by atoms with Crippen LogP contribution in [0.4, 0.5) is 0 Å². The van der Waals surface area contributed by atoms with Gasteiger partial charge in [0.2, 0.25) is 0 Å². The van der Waals surface area contributed by atoms with Gasteiger partial charge in [-0.15, -0.1) is 12.8 Å². The maximum absolute atomic E-state index is 3.20. The van der Waals surface area contributed by atoms with E-state index in [1.54, 1.807) is 10.4 Å². The van der Waals surface area contributed by atoms with Crippen LogP contribution in [0, 0.1) is 12.2 Å². The van der Waals surface area contributed by atoms with Crippen LogP contribution in [0.3, 0.4) is 0 Å². The van der Waals surface area contributed by atoms with Crippen molar-refractivity contribution >= 4 is 25.7 Å². The summed E-state index contributed by atoms with van der Waals surface area (Å²) in [5, 5.41) is 3.12. The summed E-state index contributed by atoms with van der Waals surface area (Å²) < 4.78 is 0. The zero-order chi connectivity index (χ0) is 16.5. The van der Waals surface area contributed by atoms with Crippen LogP contribution in [0.15, 0.2) is 34.7 Å². The van der Waals surface area contributed by atoms with Gasteiger partial charge >= 0.3 is 26.2 Å². The van der Waals surface area contributed by atoms with Crippen molar-refractivity contribution < 1.29 is 29.1 Å². The van der Waals surface area contributed by atoms with Gasteiger partial charge in [-0.2, -0.15) is 12.2 Å². The third-order valence-electron chi connectivity index (χ3n) is 3.13. The molecule has 0 aromatic rings. The fourth-order valence-corrected chi connectivity index (χ4v) is 4.34. The molecule has 2 rings (SSSR count). The smallest absolute Gasteiger partial charge is 1.00 e. The largest absolute Gasteiger partial charge is 2.00 e. The van der Waals surface area contributed by atoms with Crippen LogP contribution >= 0.6 is 0 Å². The quantitative estimate of drug-likeness (QED) is 0.384. The molecule has 2 aliphatic rings. The van der Waals surface area contributed by atoms with Crippen molar-refractivity contribution in [3.63, 3.8) is 0 Å². The van der Waals surface area contributed by atoms with E-state index in [1.165, 1.54) is 0 Å². The predicted molar refractivity (Wildman–Crippen MR) is 109 cm³/mol. The molecule has 0 aromatic carbocycles. The van der Waals surface area contributed by atoms with Gasteiger partial charge < -0.3 is 2.85 Å². The number of allylic oxidation sites excluding steroid dienone is 8. The van der Waals surface area contributed by atoms with Crippen molar-refractivity contribution in [2.24, 2.45) is 0 Å². The average Bonchev–Trinajstić information content (AvgIpc) is 3.03. The van der Waals surface area contributed by atoms with Gasteiger partial charge in [-0.05, 0) is 16.1 Å². The zero-order valence-electron chi connectivity index (χ0n) is 17.8. The Hall–Kier alpha value is 0.494. The first-order chi connectivity index (χ1) is 9.62. The SMILES string of the molecule is C[SiH]C.C[Si](C)(C)C1=CC[C-]=C1.C[Si](C)(C)C1=CC[C-]=C1.[H-].[H-].[Zr+2]. The van der Waals surface area contributed by atoms with Crippen LogP contribution in [0.5, 0.6) is 0 Å². The molecule has 125 valence electrons. The minimum atomic E-state index is -0.981. The Balaban J connectivity index is -0.000000130. The van der Waals surface area contributed by atoms with E-state index in [1.807, 2.05) is 0 Å². The molecule has 4 heteroatoms. The van der Waals surface area contributed by atoms with Crippen LogP contribution < -0.4 is 0 Å². The van der Waals surface area contributed by atoms with Crippen molar-refractivity contribution in [1.29, 1.82) is 0 Å². The van der Waals surface area contributed by atoms with E-state index >= 15 is 0 Å². The molecule has 0 aliphatic heterocycles. The van der Waals surface area contributed by atoms with Crippen molar-refractivity contribution in [1.82, 2.24) is 0 Å². The van der Waals surface area contributed by atoms with E-state index in [0.717, 1.165) is 22.4 Å². The Labute approximate surface area is 166 Å². The molecule has 0 bridgehead atoms. The third kappa shape index (κ3) is 11.1. The van der Waals surface area contributed by atoms with Crippen LogP contribution in [-0.4, -0.2) is 25.7 Å². The van der Waals surface area contributed by atoms with E-state index in [9.17, 15) is 0 Å². The average molecular weight is 427 g/mol. The van der Waals surface area contributed by atoms with Crippen molar-refractivity contribution in [3.05, 3.63) is 46.8 Å². The second-order valence-corrected chi connectivity index (χ2v) is 18.8. The standard InChI is InChI=1S/2C8H13Si.C2H7Si.Zr.2H/c2*1-9(2,3)8-6-4-5-7-8;1-3-2;;;/h2*6-7H,4H2,1-3H3;3H,1-2H3;;;/q2*-1;;+2;2*-1. The molecule has 0 saturated carbocycles. The predicted octanol–water partition coefficient (Wildman–Crippen LogP) is 5.85. The first-order valence-corrected chi connectivity index (χ1v) is 17.2. The van der Waals surface area contributed by atoms with Crippen molar-refractivity contribution in [3.8, 4) is 0 Å². The summed E-state index contributed by atoms with van der Waals surface area (Å²) in [5.41, 5.74) is 0. The van der Waals surface area contributed by atoms with Gasteiger partial charge in [-0.1, -0.05) is 52.4 Å². The molecule has 2 aliphatic carbocycles. The van der Waals surface area contributed by atoms with E-state index in [2.05, 4.69) is 88.8 Å². The van der Waals surface area contributed by atoms with Gasteiger partial charge in [0, 0.05) is 9.52 Å². The van der Waals surface area contributed by atoms with Gasteiger partial charge in [-0.3, -0.25) is 12.2 Å². The second-order valence-electron chi connectivity index (χ2n) is 7.50. The van der Waals surface area contributed by atoms with Gasteiger partial charge in [0.05, 0.1) is 0 Å². The first kappa shape index (κ1) is 24.7. The molecule has 0 unspecified atom stereocenters. The van der Waals surface area contributed by atoms with E-state index < -0.39 is 16.1 Å². The van der Waals surface area contributed by atoms with Gasteiger partial charge in [0.15, 0.2) is 0 Å². The van der Waals surface area contributed by atoms with E-state index in [0.29, 0.717) is 0 Å². The summed E-state index contributed by atoms with van der Waals surface area (Å²) in [5.74, 6) is 0. The van der Waals surface area contributed by atoms with E-state index in [4.69, 9.17) is 0 Å². The summed E-state index contributed by atoms with van der Waals surface area (Å²) >= 11 is 0. The third-order valence-corrected chi connectivity index (χ3v) is 7.29. The Bertz CT molecular complexity index is 389. The van der Waals surface area contributed by atoms with Gasteiger partial charge in [-0.25, -0.2) is 22.5 Å². The molecular weight excluding hydrogens is 392 g/mol. The monoisotopic (exact) mass is 425 g/mol. The van der Waals surface area contributed by atoms with Crippen LogP contribution in [0.2, 0.25) is 52.4 Å². The fourth-order valence-electron chi connectivity index (χ4n) is 1.84. The number of rotatable bonds is 2. The molecule has 0 heterocycles. The second kappa shape index (κ2) is 11.9. The maximum Gasteiger partial charge on any atom is 2.00 e. The van der Waals surface area contributed by atoms with Gasteiger partial charge in [0.25, 0.3) is 0 Å². The maximum atomic E-state index is 3.20. The molecule has 22 heavy (non-hydrogen) atoms. The fraction of sp³-hybridized carbons (Fsp3) is 0.556. The Morgan fingerprint density at radius 1 is 0.818 bits per heavy atom. The molecular formula is C18H35Si3Zr-2. The Kier molecular flexibility index (Phi) is 13.4. The van der Waals surface area contributed by atoms with Gasteiger partial charge in [0.1, 0.15) is 0 Å². The molecule has 0 atom stereocenters. The topological polar surface area (TPSA) is 0 Å². The molecule has 0 amide bonds. The van der Waals surface area contributed by atoms with Crippen molar-refractivity contribution in [2.75, 3.05) is 0 Å². The summed E-state index contributed by atoms with van der Waals surface area (Å²) in [4.78, 5) is 0. The minimum absolute atomic E-state index is 0. The van der Waals surface area contributed by atoms with Crippen LogP contribution in [-0.2, 0) is 26.2 Å². The molecule has 0 aromatic heterocycles. The van der Waals surface area contributed by atoms with Crippen LogP contribution in [0.25, 0.3) is 0 Å². The normalized spacial score (nSPS) is 15.8.